The van der Waals surface area contributed by atoms with Gasteiger partial charge in [-0.15, -0.1) is 0 Å². The molecule has 0 spiro atoms. The maximum Gasteiger partial charge on any atom is 0.345 e. The van der Waals surface area contributed by atoms with Crippen LogP contribution in [0.5, 0.6) is 5.75 Å². The number of carboxylic acid groups (broad SMARTS) is 1. The van der Waals surface area contributed by atoms with Crippen LogP contribution in [0.4, 0.5) is 0 Å². The second-order valence-corrected chi connectivity index (χ2v) is 7.59. The Morgan fingerprint density at radius 3 is 2.06 bits per heavy atom. The zero-order valence-corrected chi connectivity index (χ0v) is 17.4. The molecular formula is C27H25NO3. The average molecular weight is 412 g/mol. The minimum Gasteiger partial charge on any atom is -0.478 e. The summed E-state index contributed by atoms with van der Waals surface area (Å²) < 4.78 is 8.07. The Morgan fingerprint density at radius 1 is 0.839 bits per heavy atom. The van der Waals surface area contributed by atoms with E-state index < -0.39 is 12.1 Å². The smallest absolute Gasteiger partial charge is 0.345 e. The van der Waals surface area contributed by atoms with Crippen LogP contribution >= 0.6 is 0 Å². The van der Waals surface area contributed by atoms with Crippen LogP contribution in [-0.4, -0.2) is 21.7 Å². The van der Waals surface area contributed by atoms with E-state index in [1.165, 1.54) is 11.3 Å². The molecule has 0 aliphatic carbocycles. The number of aryl methyl sites for hydroxylation is 1. The van der Waals surface area contributed by atoms with Crippen molar-refractivity contribution >= 4 is 5.97 Å². The molecule has 0 amide bonds. The molecule has 0 saturated carbocycles. The number of carbonyl (C=O) groups is 1. The summed E-state index contributed by atoms with van der Waals surface area (Å²) in [7, 11) is 0. The highest BCUT2D eigenvalue weighted by Gasteiger charge is 2.20. The Labute approximate surface area is 182 Å². The fourth-order valence-corrected chi connectivity index (χ4v) is 3.67. The monoisotopic (exact) mass is 411 g/mol. The summed E-state index contributed by atoms with van der Waals surface area (Å²) in [5.74, 6) is -0.426. The van der Waals surface area contributed by atoms with Crippen molar-refractivity contribution in [2.24, 2.45) is 0 Å². The SMILES string of the molecule is Cc1ccc(-c2ccc(O[C@H](Cc3ccccc3)C(=O)O)cc2)n1Cc1ccccc1. The molecule has 0 bridgehead atoms. The molecule has 31 heavy (non-hydrogen) atoms. The summed E-state index contributed by atoms with van der Waals surface area (Å²) in [4.78, 5) is 11.7. The molecule has 0 unspecified atom stereocenters. The van der Waals surface area contributed by atoms with Gasteiger partial charge in [0, 0.05) is 24.4 Å². The first-order valence-electron chi connectivity index (χ1n) is 10.3. The molecule has 1 heterocycles. The summed E-state index contributed by atoms with van der Waals surface area (Å²) in [6.07, 6.45) is -0.616. The number of ether oxygens (including phenoxy) is 1. The molecule has 156 valence electrons. The van der Waals surface area contributed by atoms with Gasteiger partial charge in [0.15, 0.2) is 6.10 Å². The first kappa shape index (κ1) is 20.5. The summed E-state index contributed by atoms with van der Waals surface area (Å²) in [5.41, 5.74) is 5.54. The molecule has 0 aliphatic heterocycles. The van der Waals surface area contributed by atoms with Gasteiger partial charge in [-0.2, -0.15) is 0 Å². The van der Waals surface area contributed by atoms with Crippen LogP contribution in [0.25, 0.3) is 11.3 Å². The van der Waals surface area contributed by atoms with Gasteiger partial charge in [-0.25, -0.2) is 4.79 Å². The molecule has 4 heteroatoms. The normalized spacial score (nSPS) is 11.8. The van der Waals surface area contributed by atoms with E-state index in [9.17, 15) is 9.90 Å². The van der Waals surface area contributed by atoms with Gasteiger partial charge in [0.25, 0.3) is 0 Å². The minimum atomic E-state index is -0.972. The largest absolute Gasteiger partial charge is 0.478 e. The van der Waals surface area contributed by atoms with Crippen LogP contribution in [0.1, 0.15) is 16.8 Å². The average Bonchev–Trinajstić information content (AvgIpc) is 3.15. The molecule has 1 N–H and O–H groups in total. The van der Waals surface area contributed by atoms with Crippen molar-refractivity contribution in [1.29, 1.82) is 0 Å². The standard InChI is InChI=1S/C27H25NO3/c1-20-12-17-25(28(20)19-22-10-6-3-7-11-22)23-13-15-24(16-14-23)31-26(27(29)30)18-21-8-4-2-5-9-21/h2-17,26H,18-19H2,1H3,(H,29,30)/t26-/m1/s1. The van der Waals surface area contributed by atoms with Gasteiger partial charge in [-0.3, -0.25) is 0 Å². The van der Waals surface area contributed by atoms with Gasteiger partial charge >= 0.3 is 5.97 Å². The number of carboxylic acids is 1. The fourth-order valence-electron chi connectivity index (χ4n) is 3.67. The summed E-state index contributed by atoms with van der Waals surface area (Å²) in [6.45, 7) is 2.90. The molecule has 0 radical (unpaired) electrons. The highest BCUT2D eigenvalue weighted by atomic mass is 16.5. The third kappa shape index (κ3) is 5.04. The molecule has 4 rings (SSSR count). The molecule has 0 aliphatic rings. The van der Waals surface area contributed by atoms with Crippen molar-refractivity contribution in [3.8, 4) is 17.0 Å². The van der Waals surface area contributed by atoms with Gasteiger partial charge in [-0.1, -0.05) is 60.7 Å². The number of hydrogen-bond acceptors (Lipinski definition) is 2. The topological polar surface area (TPSA) is 51.5 Å². The molecular weight excluding hydrogens is 386 g/mol. The van der Waals surface area contributed by atoms with Crippen LogP contribution in [0.2, 0.25) is 0 Å². The molecule has 4 nitrogen and oxygen atoms in total. The number of aromatic nitrogens is 1. The van der Waals surface area contributed by atoms with Crippen molar-refractivity contribution in [2.45, 2.75) is 26.0 Å². The number of nitrogens with zero attached hydrogens (tertiary/aromatic N) is 1. The Bertz CT molecular complexity index is 1130. The highest BCUT2D eigenvalue weighted by Crippen LogP contribution is 2.26. The molecule has 4 aromatic rings. The van der Waals surface area contributed by atoms with Crippen LogP contribution in [-0.2, 0) is 17.8 Å². The Balaban J connectivity index is 1.51. The maximum absolute atomic E-state index is 11.7. The lowest BCUT2D eigenvalue weighted by molar-refractivity contribution is -0.145. The number of rotatable bonds is 8. The van der Waals surface area contributed by atoms with E-state index in [0.29, 0.717) is 12.2 Å². The van der Waals surface area contributed by atoms with Crippen molar-refractivity contribution in [3.05, 3.63) is 114 Å². The lowest BCUT2D eigenvalue weighted by Crippen LogP contribution is -2.29. The Morgan fingerprint density at radius 2 is 1.45 bits per heavy atom. The van der Waals surface area contributed by atoms with Crippen molar-refractivity contribution in [2.75, 3.05) is 0 Å². The summed E-state index contributed by atoms with van der Waals surface area (Å²) in [6, 6.07) is 31.8. The number of hydrogen-bond donors (Lipinski definition) is 1. The van der Waals surface area contributed by atoms with E-state index in [-0.39, 0.29) is 0 Å². The van der Waals surface area contributed by atoms with Crippen LogP contribution in [0.3, 0.4) is 0 Å². The van der Waals surface area contributed by atoms with Crippen LogP contribution < -0.4 is 4.74 Å². The summed E-state index contributed by atoms with van der Waals surface area (Å²) >= 11 is 0. The van der Waals surface area contributed by atoms with E-state index in [1.54, 1.807) is 0 Å². The lowest BCUT2D eigenvalue weighted by Gasteiger charge is -2.16. The third-order valence-corrected chi connectivity index (χ3v) is 5.35. The van der Waals surface area contributed by atoms with Gasteiger partial charge in [0.1, 0.15) is 5.75 Å². The molecule has 3 aromatic carbocycles. The quantitative estimate of drug-likeness (QED) is 0.411. The van der Waals surface area contributed by atoms with Gasteiger partial charge in [0.05, 0.1) is 0 Å². The zero-order chi connectivity index (χ0) is 21.6. The zero-order valence-electron chi connectivity index (χ0n) is 17.4. The van der Waals surface area contributed by atoms with Crippen LogP contribution in [0.15, 0.2) is 97.1 Å². The van der Waals surface area contributed by atoms with Crippen molar-refractivity contribution in [3.63, 3.8) is 0 Å². The van der Waals surface area contributed by atoms with E-state index >= 15 is 0 Å². The Hall–Kier alpha value is -3.79. The predicted molar refractivity (Wildman–Crippen MR) is 122 cm³/mol. The van der Waals surface area contributed by atoms with Crippen molar-refractivity contribution < 1.29 is 14.6 Å². The fraction of sp³-hybridized carbons (Fsp3) is 0.148. The highest BCUT2D eigenvalue weighted by molar-refractivity contribution is 5.73. The predicted octanol–water partition coefficient (Wildman–Crippen LogP) is 5.59. The second kappa shape index (κ2) is 9.35. The summed E-state index contributed by atoms with van der Waals surface area (Å²) in [5, 5.41) is 9.58. The molecule has 1 atom stereocenters. The molecule has 0 saturated heterocycles. The third-order valence-electron chi connectivity index (χ3n) is 5.35. The van der Waals surface area contributed by atoms with E-state index in [2.05, 4.69) is 35.8 Å². The molecule has 1 aromatic heterocycles. The first-order valence-corrected chi connectivity index (χ1v) is 10.3. The van der Waals surface area contributed by atoms with E-state index in [0.717, 1.165) is 23.4 Å². The second-order valence-electron chi connectivity index (χ2n) is 7.59. The Kier molecular flexibility index (Phi) is 6.18. The maximum atomic E-state index is 11.7. The molecule has 0 fully saturated rings. The van der Waals surface area contributed by atoms with Gasteiger partial charge < -0.3 is 14.4 Å². The van der Waals surface area contributed by atoms with Crippen molar-refractivity contribution in [1.82, 2.24) is 4.57 Å². The van der Waals surface area contributed by atoms with Crippen LogP contribution in [0, 0.1) is 6.92 Å². The van der Waals surface area contributed by atoms with E-state index in [1.807, 2.05) is 72.8 Å². The number of benzene rings is 3. The first-order chi connectivity index (χ1) is 15.1. The van der Waals surface area contributed by atoms with Gasteiger partial charge in [-0.05, 0) is 60.0 Å². The lowest BCUT2D eigenvalue weighted by atomic mass is 10.1. The number of aliphatic carboxylic acids is 1. The van der Waals surface area contributed by atoms with E-state index in [4.69, 9.17) is 4.74 Å². The van der Waals surface area contributed by atoms with Gasteiger partial charge in [0.2, 0.25) is 0 Å². The minimum absolute atomic E-state index is 0.317.